The zero-order valence-electron chi connectivity index (χ0n) is 28.4. The Balaban J connectivity index is 1.13. The van der Waals surface area contributed by atoms with E-state index in [-0.39, 0.29) is 40.6 Å². The number of ether oxygens (including phenoxy) is 1. The number of aryl methyl sites for hydroxylation is 1. The summed E-state index contributed by atoms with van der Waals surface area (Å²) in [5.41, 5.74) is 0.311. The third-order valence-electron chi connectivity index (χ3n) is 10.8. The van der Waals surface area contributed by atoms with Crippen LogP contribution in [0, 0.1) is 11.3 Å². The largest absolute Gasteiger partial charge is 0.444 e. The first-order chi connectivity index (χ1) is 22.5. The third-order valence-corrected chi connectivity index (χ3v) is 10.8. The average Bonchev–Trinajstić information content (AvgIpc) is 3.70. The van der Waals surface area contributed by atoms with Gasteiger partial charge in [0.1, 0.15) is 17.8 Å². The lowest BCUT2D eigenvalue weighted by Crippen LogP contribution is -2.58. The minimum Gasteiger partial charge on any atom is -0.444 e. The summed E-state index contributed by atoms with van der Waals surface area (Å²) in [6, 6.07) is 10.1. The van der Waals surface area contributed by atoms with Crippen LogP contribution in [-0.4, -0.2) is 68.3 Å². The van der Waals surface area contributed by atoms with Crippen molar-refractivity contribution in [2.24, 2.45) is 18.4 Å². The molecule has 1 saturated carbocycles. The number of aromatic nitrogens is 3. The van der Waals surface area contributed by atoms with E-state index in [9.17, 15) is 22.8 Å². The van der Waals surface area contributed by atoms with E-state index in [2.05, 4.69) is 22.0 Å². The number of amides is 2. The number of benzene rings is 2. The summed E-state index contributed by atoms with van der Waals surface area (Å²) < 4.78 is 51.3. The van der Waals surface area contributed by atoms with E-state index in [0.29, 0.717) is 43.3 Å². The van der Waals surface area contributed by atoms with Crippen LogP contribution >= 0.6 is 0 Å². The van der Waals surface area contributed by atoms with Crippen molar-refractivity contribution >= 4 is 17.7 Å². The average molecular weight is 665 g/mol. The highest BCUT2D eigenvalue weighted by atomic mass is 19.4. The van der Waals surface area contributed by atoms with Crippen LogP contribution in [0.4, 0.5) is 23.7 Å². The Morgan fingerprint density at radius 3 is 2.44 bits per heavy atom. The van der Waals surface area contributed by atoms with Crippen LogP contribution in [-0.2, 0) is 29.9 Å². The highest BCUT2D eigenvalue weighted by Crippen LogP contribution is 2.52. The Kier molecular flexibility index (Phi) is 7.50. The summed E-state index contributed by atoms with van der Waals surface area (Å²) in [6.07, 6.45) is -0.726. The van der Waals surface area contributed by atoms with E-state index in [4.69, 9.17) is 4.74 Å². The number of carbonyl (C=O) groups is 2. The van der Waals surface area contributed by atoms with Gasteiger partial charge in [0.25, 0.3) is 5.91 Å². The zero-order chi connectivity index (χ0) is 34.4. The van der Waals surface area contributed by atoms with Crippen molar-refractivity contribution in [3.05, 3.63) is 76.4 Å². The third kappa shape index (κ3) is 5.45. The highest BCUT2D eigenvalue weighted by molar-refractivity contribution is 6.10. The van der Waals surface area contributed by atoms with Crippen molar-refractivity contribution < 1.29 is 27.5 Å². The standard InChI is InChI=1S/C36H43F3N6O3/c1-22-15-35(16-22,31-41-40-21-42(31)6)25-8-7-9-26(14-25)45-17-28-27(30(45)46)12-24(13-29(28)36(37,38)39)23(2)44-19-34(20-44)10-11-43(18-34)32(47)48-33(3,4)5/h7-9,12-14,21-23H,10-11,15-20H2,1-6H3. The molecule has 4 aliphatic rings. The van der Waals surface area contributed by atoms with Gasteiger partial charge in [-0.25, -0.2) is 4.79 Å². The number of hydrogen-bond acceptors (Lipinski definition) is 6. The van der Waals surface area contributed by atoms with E-state index >= 15 is 0 Å². The number of nitrogens with zero attached hydrogens (tertiary/aromatic N) is 6. The number of likely N-dealkylation sites (tertiary alicyclic amines) is 2. The molecule has 48 heavy (non-hydrogen) atoms. The van der Waals surface area contributed by atoms with Crippen LogP contribution < -0.4 is 4.90 Å². The van der Waals surface area contributed by atoms with E-state index in [1.54, 1.807) is 23.4 Å². The second-order valence-electron chi connectivity index (χ2n) is 15.6. The minimum atomic E-state index is -4.62. The first kappa shape index (κ1) is 32.6. The smallest absolute Gasteiger partial charge is 0.416 e. The monoisotopic (exact) mass is 664 g/mol. The first-order valence-corrected chi connectivity index (χ1v) is 16.7. The molecule has 1 aliphatic carbocycles. The number of fused-ring (bicyclic) bond motifs is 1. The first-order valence-electron chi connectivity index (χ1n) is 16.7. The molecule has 0 bridgehead atoms. The van der Waals surface area contributed by atoms with Crippen LogP contribution in [0.3, 0.4) is 0 Å². The predicted octanol–water partition coefficient (Wildman–Crippen LogP) is 6.71. The zero-order valence-corrected chi connectivity index (χ0v) is 28.4. The van der Waals surface area contributed by atoms with Crippen LogP contribution in [0.1, 0.15) is 98.4 Å². The molecule has 1 aromatic heterocycles. The maximum atomic E-state index is 14.6. The number of alkyl halides is 3. The fraction of sp³-hybridized carbons (Fsp3) is 0.556. The number of anilines is 1. The van der Waals surface area contributed by atoms with Crippen molar-refractivity contribution in [2.45, 2.75) is 83.7 Å². The molecule has 2 amide bonds. The molecule has 0 N–H and O–H groups in total. The summed E-state index contributed by atoms with van der Waals surface area (Å²) in [4.78, 5) is 31.9. The Morgan fingerprint density at radius 2 is 1.81 bits per heavy atom. The lowest BCUT2D eigenvalue weighted by atomic mass is 9.58. The minimum absolute atomic E-state index is 0.0120. The Morgan fingerprint density at radius 1 is 1.08 bits per heavy atom. The molecule has 1 unspecified atom stereocenters. The van der Waals surface area contributed by atoms with Gasteiger partial charge in [-0.3, -0.25) is 9.69 Å². The molecule has 2 aromatic carbocycles. The molecule has 7 rings (SSSR count). The van der Waals surface area contributed by atoms with Crippen molar-refractivity contribution in [3.8, 4) is 0 Å². The molecule has 2 saturated heterocycles. The summed E-state index contributed by atoms with van der Waals surface area (Å²) in [5.74, 6) is 0.895. The normalized spacial score (nSPS) is 24.4. The summed E-state index contributed by atoms with van der Waals surface area (Å²) >= 11 is 0. The molecule has 0 radical (unpaired) electrons. The molecular weight excluding hydrogens is 621 g/mol. The molecule has 256 valence electrons. The van der Waals surface area contributed by atoms with E-state index in [1.807, 2.05) is 57.5 Å². The fourth-order valence-electron chi connectivity index (χ4n) is 8.47. The lowest BCUT2D eigenvalue weighted by molar-refractivity contribution is -0.138. The molecule has 4 heterocycles. The van der Waals surface area contributed by atoms with Gasteiger partial charge >= 0.3 is 12.3 Å². The van der Waals surface area contributed by atoms with Gasteiger partial charge in [0.05, 0.1) is 17.5 Å². The number of rotatable bonds is 5. The van der Waals surface area contributed by atoms with E-state index < -0.39 is 23.2 Å². The second kappa shape index (κ2) is 11.0. The SMILES string of the molecule is CC1CC(c2cccc(N3Cc4c(cc(C(C)N5CC6(CCN(C(=O)OC(C)(C)C)C6)C5)cc4C(F)(F)F)C3=O)c2)(c2nncn2C)C1. The second-order valence-corrected chi connectivity index (χ2v) is 15.6. The van der Waals surface area contributed by atoms with Crippen LogP contribution in [0.2, 0.25) is 0 Å². The van der Waals surface area contributed by atoms with E-state index in [0.717, 1.165) is 30.7 Å². The molecule has 9 nitrogen and oxygen atoms in total. The molecule has 3 fully saturated rings. The maximum Gasteiger partial charge on any atom is 0.416 e. The Hall–Kier alpha value is -3.93. The van der Waals surface area contributed by atoms with Crippen LogP contribution in [0.25, 0.3) is 0 Å². The van der Waals surface area contributed by atoms with Crippen molar-refractivity contribution in [1.29, 1.82) is 0 Å². The van der Waals surface area contributed by atoms with Crippen molar-refractivity contribution in [3.63, 3.8) is 0 Å². The van der Waals surface area contributed by atoms with Gasteiger partial charge < -0.3 is 19.1 Å². The highest BCUT2D eigenvalue weighted by Gasteiger charge is 2.51. The molecule has 3 aromatic rings. The van der Waals surface area contributed by atoms with Gasteiger partial charge in [0, 0.05) is 55.9 Å². The topological polar surface area (TPSA) is 83.8 Å². The van der Waals surface area contributed by atoms with Crippen LogP contribution in [0.5, 0.6) is 0 Å². The maximum absolute atomic E-state index is 14.6. The summed E-state index contributed by atoms with van der Waals surface area (Å²) in [7, 11) is 1.91. The van der Waals surface area contributed by atoms with Gasteiger partial charge in [-0.2, -0.15) is 13.2 Å². The molecular formula is C36H43F3N6O3. The van der Waals surface area contributed by atoms with Gasteiger partial charge in [-0.15, -0.1) is 10.2 Å². The summed E-state index contributed by atoms with van der Waals surface area (Å²) in [6.45, 7) is 11.9. The Bertz CT molecular complexity index is 1770. The Labute approximate surface area is 279 Å². The number of halogens is 3. The number of hydrogen-bond donors (Lipinski definition) is 0. The molecule has 3 aliphatic heterocycles. The molecule has 12 heteroatoms. The quantitative estimate of drug-likeness (QED) is 0.302. The lowest BCUT2D eigenvalue weighted by Gasteiger charge is -2.51. The predicted molar refractivity (Wildman–Crippen MR) is 173 cm³/mol. The summed E-state index contributed by atoms with van der Waals surface area (Å²) in [5, 5.41) is 8.51. The molecule has 1 spiro atoms. The fourth-order valence-corrected chi connectivity index (χ4v) is 8.47. The molecule has 1 atom stereocenters. The van der Waals surface area contributed by atoms with Gasteiger partial charge in [0.2, 0.25) is 0 Å². The number of carbonyl (C=O) groups excluding carboxylic acids is 2. The van der Waals surface area contributed by atoms with Gasteiger partial charge in [-0.05, 0) is 93.8 Å². The van der Waals surface area contributed by atoms with Crippen LogP contribution in [0.15, 0.2) is 42.7 Å². The van der Waals surface area contributed by atoms with Crippen molar-refractivity contribution in [1.82, 2.24) is 24.6 Å². The van der Waals surface area contributed by atoms with Gasteiger partial charge in [0.15, 0.2) is 0 Å². The van der Waals surface area contributed by atoms with E-state index in [1.165, 1.54) is 11.0 Å². The van der Waals surface area contributed by atoms with Gasteiger partial charge in [-0.1, -0.05) is 19.1 Å². The van der Waals surface area contributed by atoms with Crippen molar-refractivity contribution in [2.75, 3.05) is 31.1 Å².